The predicted octanol–water partition coefficient (Wildman–Crippen LogP) is 4.72. The molecule has 4 heteroatoms. The maximum atomic E-state index is 12.9. The number of rotatable bonds is 6. The van der Waals surface area contributed by atoms with E-state index in [0.717, 1.165) is 32.4 Å². The highest BCUT2D eigenvalue weighted by Crippen LogP contribution is 2.41. The summed E-state index contributed by atoms with van der Waals surface area (Å²) in [7, 11) is 0. The molecule has 3 aliphatic rings. The summed E-state index contributed by atoms with van der Waals surface area (Å²) in [6.07, 6.45) is 6.92. The topological polar surface area (TPSA) is 32.8 Å². The van der Waals surface area contributed by atoms with Crippen molar-refractivity contribution in [2.24, 2.45) is 17.3 Å². The monoisotopic (exact) mass is 392 g/mol. The molecule has 3 saturated heterocycles. The third kappa shape index (κ3) is 4.92. The van der Waals surface area contributed by atoms with Gasteiger partial charge in [0.05, 0.1) is 6.10 Å². The third-order valence-corrected chi connectivity index (χ3v) is 7.57. The fourth-order valence-corrected chi connectivity index (χ4v) is 6.00. The molecular weight excluding hydrogens is 348 g/mol. The molecule has 162 valence electrons. The number of ether oxygens (including phenoxy) is 1. The lowest BCUT2D eigenvalue weighted by molar-refractivity contribution is -0.132. The average molecular weight is 393 g/mol. The van der Waals surface area contributed by atoms with Gasteiger partial charge in [-0.1, -0.05) is 13.8 Å². The van der Waals surface area contributed by atoms with E-state index < -0.39 is 0 Å². The van der Waals surface area contributed by atoms with Crippen LogP contribution >= 0.6 is 0 Å². The maximum Gasteiger partial charge on any atom is 0.223 e. The molecule has 0 aromatic carbocycles. The summed E-state index contributed by atoms with van der Waals surface area (Å²) in [6.45, 7) is 20.4. The van der Waals surface area contributed by atoms with Crippen LogP contribution in [0.5, 0.6) is 0 Å². The molecule has 0 aliphatic carbocycles. The lowest BCUT2D eigenvalue weighted by Gasteiger charge is -2.39. The second-order valence-corrected chi connectivity index (χ2v) is 12.1. The Balaban J connectivity index is 1.56. The number of likely N-dealkylation sites (tertiary alicyclic amines) is 2. The first-order valence-corrected chi connectivity index (χ1v) is 11.6. The second-order valence-electron chi connectivity index (χ2n) is 12.1. The Morgan fingerprint density at radius 1 is 0.964 bits per heavy atom. The van der Waals surface area contributed by atoms with Crippen LogP contribution in [0.15, 0.2) is 0 Å². The van der Waals surface area contributed by atoms with Gasteiger partial charge in [-0.15, -0.1) is 0 Å². The van der Waals surface area contributed by atoms with Crippen molar-refractivity contribution < 1.29 is 9.53 Å². The normalized spacial score (nSPS) is 30.6. The summed E-state index contributed by atoms with van der Waals surface area (Å²) in [6, 6.07) is 0. The molecule has 0 radical (unpaired) electrons. The van der Waals surface area contributed by atoms with Crippen LogP contribution in [0.2, 0.25) is 0 Å². The van der Waals surface area contributed by atoms with Crippen molar-refractivity contribution in [2.45, 2.75) is 104 Å². The highest BCUT2D eigenvalue weighted by Gasteiger charge is 2.44. The van der Waals surface area contributed by atoms with E-state index in [1.807, 2.05) is 0 Å². The molecule has 4 nitrogen and oxygen atoms in total. The molecule has 0 aromatic rings. The van der Waals surface area contributed by atoms with Crippen LogP contribution in [0, 0.1) is 17.3 Å². The molecule has 1 amide bonds. The highest BCUT2D eigenvalue weighted by molar-refractivity contribution is 5.79. The maximum absolute atomic E-state index is 12.9. The van der Waals surface area contributed by atoms with E-state index in [4.69, 9.17) is 4.74 Å². The summed E-state index contributed by atoms with van der Waals surface area (Å²) in [5, 5.41) is 0. The number of nitrogens with zero attached hydrogens (tertiary/aromatic N) is 2. The highest BCUT2D eigenvalue weighted by atomic mass is 16.5. The van der Waals surface area contributed by atoms with Gasteiger partial charge in [-0.3, -0.25) is 9.69 Å². The van der Waals surface area contributed by atoms with Gasteiger partial charge >= 0.3 is 0 Å². The third-order valence-electron chi connectivity index (χ3n) is 7.57. The van der Waals surface area contributed by atoms with Crippen LogP contribution in [-0.4, -0.2) is 59.1 Å². The molecule has 0 saturated carbocycles. The van der Waals surface area contributed by atoms with Crippen LogP contribution in [0.1, 0.15) is 87.0 Å². The first-order valence-electron chi connectivity index (χ1n) is 11.6. The minimum absolute atomic E-state index is 0.0433. The first kappa shape index (κ1) is 22.1. The average Bonchev–Trinajstić information content (AvgIpc) is 3.26. The number of carbonyl (C=O) groups is 1. The number of amides is 1. The van der Waals surface area contributed by atoms with E-state index in [9.17, 15) is 4.79 Å². The molecule has 3 unspecified atom stereocenters. The van der Waals surface area contributed by atoms with Gasteiger partial charge in [0.25, 0.3) is 0 Å². The zero-order valence-corrected chi connectivity index (χ0v) is 19.5. The minimum Gasteiger partial charge on any atom is -0.378 e. The summed E-state index contributed by atoms with van der Waals surface area (Å²) in [5.41, 5.74) is 0.375. The quantitative estimate of drug-likeness (QED) is 0.656. The SMILES string of the molecule is CC(C)(CC1CC(=O)N(C(C)(C)CC2CCN(C(C)(C)C)C2)C1)C1CCCO1. The van der Waals surface area contributed by atoms with Gasteiger partial charge in [0.2, 0.25) is 5.91 Å². The molecule has 0 aromatic heterocycles. The Morgan fingerprint density at radius 3 is 2.25 bits per heavy atom. The summed E-state index contributed by atoms with van der Waals surface area (Å²) < 4.78 is 5.97. The van der Waals surface area contributed by atoms with E-state index in [0.29, 0.717) is 23.8 Å². The molecule has 0 spiro atoms. The lowest BCUT2D eigenvalue weighted by Crippen LogP contribution is -2.47. The van der Waals surface area contributed by atoms with Gasteiger partial charge in [0.15, 0.2) is 0 Å². The largest absolute Gasteiger partial charge is 0.378 e. The number of hydrogen-bond acceptors (Lipinski definition) is 3. The van der Waals surface area contributed by atoms with Gasteiger partial charge in [0.1, 0.15) is 0 Å². The molecule has 0 bridgehead atoms. The molecule has 0 N–H and O–H groups in total. The fraction of sp³-hybridized carbons (Fsp3) is 0.958. The Labute approximate surface area is 173 Å². The zero-order chi connectivity index (χ0) is 20.7. The van der Waals surface area contributed by atoms with Crippen molar-refractivity contribution in [1.82, 2.24) is 9.80 Å². The van der Waals surface area contributed by atoms with E-state index in [-0.39, 0.29) is 16.5 Å². The van der Waals surface area contributed by atoms with Crippen molar-refractivity contribution in [3.8, 4) is 0 Å². The first-order chi connectivity index (χ1) is 12.9. The van der Waals surface area contributed by atoms with Crippen LogP contribution in [0.3, 0.4) is 0 Å². The van der Waals surface area contributed by atoms with Crippen LogP contribution in [0.25, 0.3) is 0 Å². The Hall–Kier alpha value is -0.610. The number of hydrogen-bond donors (Lipinski definition) is 0. The van der Waals surface area contributed by atoms with Gasteiger partial charge in [0, 0.05) is 37.2 Å². The van der Waals surface area contributed by atoms with E-state index in [1.165, 1.54) is 32.4 Å². The van der Waals surface area contributed by atoms with Crippen LogP contribution in [0.4, 0.5) is 0 Å². The molecular formula is C24H44N2O2. The lowest BCUT2D eigenvalue weighted by atomic mass is 9.77. The predicted molar refractivity (Wildman–Crippen MR) is 115 cm³/mol. The zero-order valence-electron chi connectivity index (χ0n) is 19.5. The molecule has 3 aliphatic heterocycles. The smallest absolute Gasteiger partial charge is 0.223 e. The van der Waals surface area contributed by atoms with Crippen LogP contribution < -0.4 is 0 Å². The van der Waals surface area contributed by atoms with E-state index in [2.05, 4.69) is 58.3 Å². The summed E-state index contributed by atoms with van der Waals surface area (Å²) in [4.78, 5) is 17.7. The van der Waals surface area contributed by atoms with Crippen molar-refractivity contribution in [2.75, 3.05) is 26.2 Å². The Kier molecular flexibility index (Phi) is 6.23. The van der Waals surface area contributed by atoms with Crippen LogP contribution in [-0.2, 0) is 9.53 Å². The molecule has 3 fully saturated rings. The Morgan fingerprint density at radius 2 is 1.68 bits per heavy atom. The standard InChI is InChI=1S/C24H44N2O2/c1-22(2,3)25-11-10-18(16-25)15-24(6,7)26-17-19(13-21(26)27)14-23(4,5)20-9-8-12-28-20/h18-20H,8-17H2,1-7H3. The van der Waals surface area contributed by atoms with Gasteiger partial charge in [-0.05, 0) is 90.5 Å². The van der Waals surface area contributed by atoms with E-state index >= 15 is 0 Å². The minimum atomic E-state index is -0.0433. The molecule has 28 heavy (non-hydrogen) atoms. The van der Waals surface area contributed by atoms with Gasteiger partial charge in [-0.25, -0.2) is 0 Å². The van der Waals surface area contributed by atoms with Gasteiger partial charge in [-0.2, -0.15) is 0 Å². The van der Waals surface area contributed by atoms with Crippen molar-refractivity contribution in [3.63, 3.8) is 0 Å². The fourth-order valence-electron chi connectivity index (χ4n) is 6.00. The van der Waals surface area contributed by atoms with E-state index in [1.54, 1.807) is 0 Å². The second kappa shape index (κ2) is 7.91. The summed E-state index contributed by atoms with van der Waals surface area (Å²) >= 11 is 0. The Bertz CT molecular complexity index is 557. The van der Waals surface area contributed by atoms with Crippen molar-refractivity contribution in [3.05, 3.63) is 0 Å². The van der Waals surface area contributed by atoms with Crippen molar-refractivity contribution in [1.29, 1.82) is 0 Å². The molecule has 3 heterocycles. The molecule has 3 rings (SSSR count). The van der Waals surface area contributed by atoms with Gasteiger partial charge < -0.3 is 9.64 Å². The summed E-state index contributed by atoms with van der Waals surface area (Å²) in [5.74, 6) is 1.54. The van der Waals surface area contributed by atoms with Crippen molar-refractivity contribution >= 4 is 5.91 Å². The number of carbonyl (C=O) groups excluding carboxylic acids is 1. The molecule has 3 atom stereocenters.